The molecule has 9 heteroatoms. The zero-order valence-electron chi connectivity index (χ0n) is 20.9. The van der Waals surface area contributed by atoms with Crippen molar-refractivity contribution in [2.24, 2.45) is 0 Å². The van der Waals surface area contributed by atoms with E-state index in [4.69, 9.17) is 14.2 Å². The molecule has 1 saturated heterocycles. The molecule has 2 aromatic carbocycles. The van der Waals surface area contributed by atoms with E-state index in [0.29, 0.717) is 6.42 Å². The summed E-state index contributed by atoms with van der Waals surface area (Å²) < 4.78 is 17.7. The van der Waals surface area contributed by atoms with Crippen molar-refractivity contribution in [3.8, 4) is 0 Å². The van der Waals surface area contributed by atoms with E-state index in [1.165, 1.54) is 6.92 Å². The third-order valence-corrected chi connectivity index (χ3v) is 5.98. The van der Waals surface area contributed by atoms with Crippen LogP contribution in [-0.4, -0.2) is 71.4 Å². The number of aliphatic hydroxyl groups is 2. The summed E-state index contributed by atoms with van der Waals surface area (Å²) in [5, 5.41) is 26.3. The molecule has 1 heterocycles. The molecule has 3 rings (SSSR count). The van der Waals surface area contributed by atoms with Gasteiger partial charge in [0.2, 0.25) is 11.8 Å². The van der Waals surface area contributed by atoms with E-state index >= 15 is 0 Å². The van der Waals surface area contributed by atoms with Crippen LogP contribution in [0.2, 0.25) is 0 Å². The van der Waals surface area contributed by atoms with E-state index in [1.54, 1.807) is 6.92 Å². The maximum absolute atomic E-state index is 12.9. The van der Waals surface area contributed by atoms with Crippen molar-refractivity contribution < 1.29 is 34.0 Å². The Bertz CT molecular complexity index is 959. The van der Waals surface area contributed by atoms with Crippen LogP contribution in [0.4, 0.5) is 0 Å². The number of nitrogens with one attached hydrogen (secondary N) is 2. The van der Waals surface area contributed by atoms with E-state index in [9.17, 15) is 19.8 Å². The van der Waals surface area contributed by atoms with Crippen LogP contribution < -0.4 is 10.6 Å². The molecule has 0 saturated carbocycles. The highest BCUT2D eigenvalue weighted by Crippen LogP contribution is 2.26. The largest absolute Gasteiger partial charge is 0.394 e. The number of hydrogen-bond acceptors (Lipinski definition) is 7. The van der Waals surface area contributed by atoms with E-state index < -0.39 is 43.4 Å². The Morgan fingerprint density at radius 3 is 2.22 bits per heavy atom. The van der Waals surface area contributed by atoms with Crippen LogP contribution in [0, 0.1) is 0 Å². The summed E-state index contributed by atoms with van der Waals surface area (Å²) >= 11 is 0. The molecule has 7 atom stereocenters. The number of carbonyl (C=O) groups is 2. The number of benzene rings is 2. The minimum absolute atomic E-state index is 0.149. The first kappa shape index (κ1) is 27.8. The van der Waals surface area contributed by atoms with Gasteiger partial charge in [0.15, 0.2) is 6.29 Å². The van der Waals surface area contributed by atoms with Gasteiger partial charge < -0.3 is 35.1 Å². The second kappa shape index (κ2) is 13.5. The van der Waals surface area contributed by atoms with E-state index in [-0.39, 0.29) is 24.5 Å². The molecule has 0 bridgehead atoms. The molecular weight excluding hydrogens is 464 g/mol. The summed E-state index contributed by atoms with van der Waals surface area (Å²) in [4.78, 5) is 24.9. The summed E-state index contributed by atoms with van der Waals surface area (Å²) in [7, 11) is 0. The highest BCUT2D eigenvalue weighted by atomic mass is 16.7. The highest BCUT2D eigenvalue weighted by molar-refractivity contribution is 5.80. The van der Waals surface area contributed by atoms with Gasteiger partial charge in [0.25, 0.3) is 0 Å². The molecule has 36 heavy (non-hydrogen) atoms. The SMILES string of the molecule is CC(=O)N[C@H]1C(O[C@@H](C)C(=O)N[C@@H](C)Cc2ccccc2)[C@H](O)C(CO)O[C@@H]1OCc1ccccc1. The van der Waals surface area contributed by atoms with Crippen LogP contribution in [0.25, 0.3) is 0 Å². The normalized spacial score (nSPS) is 25.5. The Hall–Kier alpha value is -2.82. The number of hydrogen-bond donors (Lipinski definition) is 4. The lowest BCUT2D eigenvalue weighted by molar-refractivity contribution is -0.283. The van der Waals surface area contributed by atoms with Gasteiger partial charge in [0.05, 0.1) is 13.2 Å². The van der Waals surface area contributed by atoms with Crippen molar-refractivity contribution >= 4 is 11.8 Å². The molecule has 1 aliphatic rings. The summed E-state index contributed by atoms with van der Waals surface area (Å²) in [5.41, 5.74) is 1.97. The van der Waals surface area contributed by atoms with Gasteiger partial charge in [0.1, 0.15) is 30.5 Å². The van der Waals surface area contributed by atoms with E-state index in [1.807, 2.05) is 67.6 Å². The fourth-order valence-electron chi connectivity index (χ4n) is 4.19. The van der Waals surface area contributed by atoms with Crippen LogP contribution in [0.15, 0.2) is 60.7 Å². The predicted octanol–water partition coefficient (Wildman–Crippen LogP) is 1.31. The van der Waals surface area contributed by atoms with Crippen LogP contribution >= 0.6 is 0 Å². The average molecular weight is 501 g/mol. The van der Waals surface area contributed by atoms with Crippen molar-refractivity contribution in [3.63, 3.8) is 0 Å². The van der Waals surface area contributed by atoms with Gasteiger partial charge in [-0.3, -0.25) is 9.59 Å². The third kappa shape index (κ3) is 7.84. The molecule has 0 radical (unpaired) electrons. The fourth-order valence-corrected chi connectivity index (χ4v) is 4.19. The Labute approximate surface area is 211 Å². The van der Waals surface area contributed by atoms with Gasteiger partial charge >= 0.3 is 0 Å². The minimum atomic E-state index is -1.31. The fraction of sp³-hybridized carbons (Fsp3) is 0.481. The summed E-state index contributed by atoms with van der Waals surface area (Å²) in [6.45, 7) is 4.49. The summed E-state index contributed by atoms with van der Waals surface area (Å²) in [5.74, 6) is -0.741. The van der Waals surface area contributed by atoms with Crippen LogP contribution in [0.1, 0.15) is 31.9 Å². The molecule has 2 aromatic rings. The van der Waals surface area contributed by atoms with Crippen LogP contribution in [-0.2, 0) is 36.8 Å². The zero-order chi connectivity index (χ0) is 26.1. The lowest BCUT2D eigenvalue weighted by atomic mass is 9.96. The molecule has 196 valence electrons. The Balaban J connectivity index is 1.69. The van der Waals surface area contributed by atoms with Gasteiger partial charge in [0, 0.05) is 13.0 Å². The molecular formula is C27H36N2O7. The number of ether oxygens (including phenoxy) is 3. The third-order valence-electron chi connectivity index (χ3n) is 5.98. The number of aliphatic hydroxyl groups excluding tert-OH is 2. The highest BCUT2D eigenvalue weighted by Gasteiger charge is 2.48. The van der Waals surface area contributed by atoms with Gasteiger partial charge in [-0.2, -0.15) is 0 Å². The summed E-state index contributed by atoms with van der Waals surface area (Å²) in [6, 6.07) is 18.1. The molecule has 4 N–H and O–H groups in total. The van der Waals surface area contributed by atoms with E-state index in [0.717, 1.165) is 11.1 Å². The maximum Gasteiger partial charge on any atom is 0.249 e. The molecule has 0 aromatic heterocycles. The molecule has 1 aliphatic heterocycles. The number of amides is 2. The lowest BCUT2D eigenvalue weighted by Gasteiger charge is -2.44. The van der Waals surface area contributed by atoms with Gasteiger partial charge in [-0.05, 0) is 31.4 Å². The Morgan fingerprint density at radius 2 is 1.64 bits per heavy atom. The van der Waals surface area contributed by atoms with E-state index in [2.05, 4.69) is 10.6 Å². The molecule has 2 unspecified atom stereocenters. The smallest absolute Gasteiger partial charge is 0.249 e. The number of rotatable bonds is 11. The molecule has 0 aliphatic carbocycles. The quantitative estimate of drug-likeness (QED) is 0.366. The van der Waals surface area contributed by atoms with Gasteiger partial charge in [-0.1, -0.05) is 60.7 Å². The van der Waals surface area contributed by atoms with Crippen LogP contribution in [0.5, 0.6) is 0 Å². The average Bonchev–Trinajstić information content (AvgIpc) is 2.86. The number of carbonyl (C=O) groups excluding carboxylic acids is 2. The second-order valence-corrected chi connectivity index (χ2v) is 9.08. The van der Waals surface area contributed by atoms with Crippen molar-refractivity contribution in [2.45, 2.75) is 76.6 Å². The second-order valence-electron chi connectivity index (χ2n) is 9.08. The first-order chi connectivity index (χ1) is 17.3. The Kier molecular flexibility index (Phi) is 10.4. The predicted molar refractivity (Wildman–Crippen MR) is 133 cm³/mol. The monoisotopic (exact) mass is 500 g/mol. The summed E-state index contributed by atoms with van der Waals surface area (Å²) in [6.07, 6.45) is -4.71. The first-order valence-electron chi connectivity index (χ1n) is 12.1. The van der Waals surface area contributed by atoms with Crippen LogP contribution in [0.3, 0.4) is 0 Å². The molecule has 2 amide bonds. The van der Waals surface area contributed by atoms with Gasteiger partial charge in [-0.25, -0.2) is 0 Å². The van der Waals surface area contributed by atoms with Gasteiger partial charge in [-0.15, -0.1) is 0 Å². The van der Waals surface area contributed by atoms with Crippen molar-refractivity contribution in [1.29, 1.82) is 0 Å². The Morgan fingerprint density at radius 1 is 1.03 bits per heavy atom. The first-order valence-corrected chi connectivity index (χ1v) is 12.1. The maximum atomic E-state index is 12.9. The lowest BCUT2D eigenvalue weighted by Crippen LogP contribution is -2.66. The minimum Gasteiger partial charge on any atom is -0.394 e. The topological polar surface area (TPSA) is 126 Å². The molecule has 9 nitrogen and oxygen atoms in total. The zero-order valence-corrected chi connectivity index (χ0v) is 20.9. The molecule has 1 fully saturated rings. The standard InChI is InChI=1S/C27H36N2O7/c1-17(14-20-10-6-4-7-11-20)28-26(33)18(2)35-25-23(29-19(3)31)27(36-22(15-30)24(25)32)34-16-21-12-8-5-9-13-21/h4-13,17-18,22-25,27,30,32H,14-16H2,1-3H3,(H,28,33)(H,29,31)/t17-,18-,22?,23-,24+,25?,27-/m0/s1. The van der Waals surface area contributed by atoms with Crippen molar-refractivity contribution in [3.05, 3.63) is 71.8 Å². The van der Waals surface area contributed by atoms with Crippen molar-refractivity contribution in [2.75, 3.05) is 6.61 Å². The molecule has 0 spiro atoms. The van der Waals surface area contributed by atoms with Crippen molar-refractivity contribution in [1.82, 2.24) is 10.6 Å².